The van der Waals surface area contributed by atoms with Gasteiger partial charge in [-0.25, -0.2) is 4.79 Å². The molecule has 0 aliphatic carbocycles. The van der Waals surface area contributed by atoms with E-state index >= 15 is 0 Å². The summed E-state index contributed by atoms with van der Waals surface area (Å²) in [5.74, 6) is -0.847. The molecule has 3 heteroatoms. The molecule has 0 aliphatic rings. The third kappa shape index (κ3) is 3.87. The highest BCUT2D eigenvalue weighted by molar-refractivity contribution is 7.11. The maximum absolute atomic E-state index is 10.1. The lowest BCUT2D eigenvalue weighted by molar-refractivity contribution is 0.0702. The Labute approximate surface area is 86.5 Å². The van der Waals surface area contributed by atoms with Crippen molar-refractivity contribution in [3.8, 4) is 0 Å². The van der Waals surface area contributed by atoms with Crippen LogP contribution in [0, 0.1) is 0 Å². The van der Waals surface area contributed by atoms with Gasteiger partial charge in [0.05, 0.1) is 0 Å². The van der Waals surface area contributed by atoms with E-state index < -0.39 is 5.97 Å². The third-order valence-electron chi connectivity index (χ3n) is 1.40. The van der Waals surface area contributed by atoms with Crippen molar-refractivity contribution in [2.75, 3.05) is 0 Å². The van der Waals surface area contributed by atoms with E-state index in [0.717, 1.165) is 0 Å². The van der Waals surface area contributed by atoms with Crippen molar-refractivity contribution in [3.05, 3.63) is 58.8 Å². The van der Waals surface area contributed by atoms with Crippen LogP contribution in [0.5, 0.6) is 0 Å². The topological polar surface area (TPSA) is 37.3 Å². The molecule has 0 atom stereocenters. The monoisotopic (exact) mass is 206 g/mol. The minimum atomic E-state index is -0.847. The number of hydrogen-bond donors (Lipinski definition) is 1. The molecule has 0 radical (unpaired) electrons. The predicted molar refractivity (Wildman–Crippen MR) is 57.7 cm³/mol. The number of carbonyl (C=O) groups is 1. The first kappa shape index (κ1) is 10.5. The number of hydrogen-bond acceptors (Lipinski definition) is 2. The Bertz CT molecular complexity index is 327. The summed E-state index contributed by atoms with van der Waals surface area (Å²) in [5.41, 5.74) is 0. The summed E-state index contributed by atoms with van der Waals surface area (Å²) in [6, 6.07) is 15.3. The molecular weight excluding hydrogens is 196 g/mol. The van der Waals surface area contributed by atoms with Crippen LogP contribution in [0.25, 0.3) is 0 Å². The second-order valence-electron chi connectivity index (χ2n) is 2.44. The molecular formula is C11H10O2S. The third-order valence-corrected chi connectivity index (χ3v) is 2.26. The molecule has 0 unspecified atom stereocenters. The molecule has 1 aromatic heterocycles. The Balaban J connectivity index is 0.000000146. The van der Waals surface area contributed by atoms with Crippen molar-refractivity contribution >= 4 is 17.3 Å². The zero-order chi connectivity index (χ0) is 10.2. The van der Waals surface area contributed by atoms with Crippen molar-refractivity contribution in [2.24, 2.45) is 0 Å². The van der Waals surface area contributed by atoms with E-state index in [9.17, 15) is 4.79 Å². The van der Waals surface area contributed by atoms with Gasteiger partial charge in [-0.2, -0.15) is 0 Å². The maximum Gasteiger partial charge on any atom is 0.345 e. The van der Waals surface area contributed by atoms with E-state index in [0.29, 0.717) is 4.88 Å². The lowest BCUT2D eigenvalue weighted by Crippen LogP contribution is -1.89. The van der Waals surface area contributed by atoms with Crippen LogP contribution >= 0.6 is 11.3 Å². The van der Waals surface area contributed by atoms with E-state index in [1.807, 2.05) is 36.4 Å². The zero-order valence-electron chi connectivity index (χ0n) is 7.46. The maximum atomic E-state index is 10.1. The van der Waals surface area contributed by atoms with Crippen molar-refractivity contribution in [1.29, 1.82) is 0 Å². The van der Waals surface area contributed by atoms with Gasteiger partial charge in [0, 0.05) is 0 Å². The predicted octanol–water partition coefficient (Wildman–Crippen LogP) is 3.13. The molecule has 0 saturated heterocycles. The number of carboxylic acids is 1. The van der Waals surface area contributed by atoms with Crippen molar-refractivity contribution in [3.63, 3.8) is 0 Å². The molecule has 0 aliphatic heterocycles. The normalized spacial score (nSPS) is 8.57. The van der Waals surface area contributed by atoms with E-state index in [2.05, 4.69) is 0 Å². The number of carboxylic acid groups (broad SMARTS) is 1. The largest absolute Gasteiger partial charge is 0.477 e. The highest BCUT2D eigenvalue weighted by Crippen LogP contribution is 2.06. The fourth-order valence-electron chi connectivity index (χ4n) is 0.785. The molecule has 0 fully saturated rings. The van der Waals surface area contributed by atoms with Crippen molar-refractivity contribution in [1.82, 2.24) is 0 Å². The molecule has 1 heterocycles. The van der Waals surface area contributed by atoms with Gasteiger partial charge in [0.1, 0.15) is 4.88 Å². The van der Waals surface area contributed by atoms with E-state index in [1.54, 1.807) is 17.5 Å². The van der Waals surface area contributed by atoms with Gasteiger partial charge >= 0.3 is 5.97 Å². The van der Waals surface area contributed by atoms with Crippen LogP contribution in [-0.2, 0) is 0 Å². The van der Waals surface area contributed by atoms with Gasteiger partial charge < -0.3 is 5.11 Å². The van der Waals surface area contributed by atoms with Crippen LogP contribution in [0.4, 0.5) is 0 Å². The first-order valence-corrected chi connectivity index (χ1v) is 4.95. The number of benzene rings is 1. The first-order valence-electron chi connectivity index (χ1n) is 4.07. The lowest BCUT2D eigenvalue weighted by atomic mass is 10.4. The summed E-state index contributed by atoms with van der Waals surface area (Å²) < 4.78 is 0. The van der Waals surface area contributed by atoms with Gasteiger partial charge in [0.2, 0.25) is 0 Å². The van der Waals surface area contributed by atoms with E-state index in [1.165, 1.54) is 11.3 Å². The van der Waals surface area contributed by atoms with Crippen LogP contribution in [0.1, 0.15) is 9.67 Å². The minimum Gasteiger partial charge on any atom is -0.477 e. The highest BCUT2D eigenvalue weighted by Gasteiger charge is 1.99. The Morgan fingerprint density at radius 3 is 1.71 bits per heavy atom. The van der Waals surface area contributed by atoms with Crippen LogP contribution in [-0.4, -0.2) is 11.1 Å². The Morgan fingerprint density at radius 1 is 1.00 bits per heavy atom. The second kappa shape index (κ2) is 5.94. The Morgan fingerprint density at radius 2 is 1.50 bits per heavy atom. The van der Waals surface area contributed by atoms with Crippen LogP contribution in [0.2, 0.25) is 0 Å². The molecule has 0 amide bonds. The summed E-state index contributed by atoms with van der Waals surface area (Å²) in [4.78, 5) is 10.5. The summed E-state index contributed by atoms with van der Waals surface area (Å²) in [6.07, 6.45) is 0. The Hall–Kier alpha value is -1.61. The molecule has 2 nitrogen and oxygen atoms in total. The summed E-state index contributed by atoms with van der Waals surface area (Å²) in [7, 11) is 0. The summed E-state index contributed by atoms with van der Waals surface area (Å²) >= 11 is 1.23. The van der Waals surface area contributed by atoms with Gasteiger partial charge in [-0.15, -0.1) is 11.3 Å². The van der Waals surface area contributed by atoms with Gasteiger partial charge in [-0.3, -0.25) is 0 Å². The van der Waals surface area contributed by atoms with E-state index in [-0.39, 0.29) is 0 Å². The molecule has 0 spiro atoms. The molecule has 0 saturated carbocycles. The van der Waals surface area contributed by atoms with Crippen LogP contribution < -0.4 is 0 Å². The lowest BCUT2D eigenvalue weighted by Gasteiger charge is -1.78. The SMILES string of the molecule is O=C(O)c1cccs1.c1ccccc1. The second-order valence-corrected chi connectivity index (χ2v) is 3.38. The number of rotatable bonds is 1. The quantitative estimate of drug-likeness (QED) is 0.778. The van der Waals surface area contributed by atoms with Crippen molar-refractivity contribution in [2.45, 2.75) is 0 Å². The molecule has 1 aromatic carbocycles. The fourth-order valence-corrected chi connectivity index (χ4v) is 1.35. The van der Waals surface area contributed by atoms with Gasteiger partial charge in [0.15, 0.2) is 0 Å². The van der Waals surface area contributed by atoms with Gasteiger partial charge in [0.25, 0.3) is 0 Å². The van der Waals surface area contributed by atoms with Crippen LogP contribution in [0.3, 0.4) is 0 Å². The minimum absolute atomic E-state index is 0.394. The first-order chi connectivity index (χ1) is 6.80. The highest BCUT2D eigenvalue weighted by atomic mass is 32.1. The van der Waals surface area contributed by atoms with Crippen molar-refractivity contribution < 1.29 is 9.90 Å². The van der Waals surface area contributed by atoms with Gasteiger partial charge in [-0.05, 0) is 11.4 Å². The molecule has 2 aromatic rings. The van der Waals surface area contributed by atoms with E-state index in [4.69, 9.17) is 5.11 Å². The fraction of sp³-hybridized carbons (Fsp3) is 0. The molecule has 1 N–H and O–H groups in total. The average molecular weight is 206 g/mol. The number of aromatic carboxylic acids is 1. The standard InChI is InChI=1S/C6H6.C5H4O2S/c1-2-4-6-5-3-1;6-5(7)4-2-1-3-8-4/h1-6H;1-3H,(H,6,7). The van der Waals surface area contributed by atoms with Gasteiger partial charge in [-0.1, -0.05) is 42.5 Å². The Kier molecular flexibility index (Phi) is 4.44. The number of thiophene rings is 1. The summed E-state index contributed by atoms with van der Waals surface area (Å²) in [5, 5.41) is 10.0. The molecule has 0 bridgehead atoms. The smallest absolute Gasteiger partial charge is 0.345 e. The summed E-state index contributed by atoms with van der Waals surface area (Å²) in [6.45, 7) is 0. The molecule has 72 valence electrons. The molecule has 2 rings (SSSR count). The zero-order valence-corrected chi connectivity index (χ0v) is 8.28. The average Bonchev–Trinajstić information content (AvgIpc) is 2.74. The molecule has 14 heavy (non-hydrogen) atoms. The van der Waals surface area contributed by atoms with Crippen LogP contribution in [0.15, 0.2) is 53.9 Å².